The molecule has 1 aliphatic rings. The first kappa shape index (κ1) is 34.0. The molecular formula is C32H44N6O6. The first-order valence-corrected chi connectivity index (χ1v) is 15.0. The molecule has 2 aromatic rings. The van der Waals surface area contributed by atoms with E-state index in [-0.39, 0.29) is 36.3 Å². The Morgan fingerprint density at radius 1 is 0.955 bits per heavy atom. The number of nitrogens with zero attached hydrogens (tertiary/aromatic N) is 1. The largest absolute Gasteiger partial charge is 0.508 e. The van der Waals surface area contributed by atoms with E-state index in [4.69, 9.17) is 5.73 Å². The molecule has 1 fully saturated rings. The number of amides is 5. The van der Waals surface area contributed by atoms with Crippen LogP contribution in [-0.4, -0.2) is 83.3 Å². The second kappa shape index (κ2) is 16.4. The van der Waals surface area contributed by atoms with Crippen LogP contribution in [0.2, 0.25) is 0 Å². The molecule has 0 unspecified atom stereocenters. The number of carbonyl (C=O) groups is 5. The Balaban J connectivity index is 1.61. The highest BCUT2D eigenvalue weighted by Gasteiger charge is 2.36. The van der Waals surface area contributed by atoms with Crippen molar-refractivity contribution in [1.82, 2.24) is 26.2 Å². The Bertz CT molecular complexity index is 1290. The van der Waals surface area contributed by atoms with Crippen molar-refractivity contribution in [2.24, 2.45) is 11.7 Å². The summed E-state index contributed by atoms with van der Waals surface area (Å²) >= 11 is 0. The van der Waals surface area contributed by atoms with E-state index in [1.807, 2.05) is 44.2 Å². The van der Waals surface area contributed by atoms with Gasteiger partial charge in [0.1, 0.15) is 23.9 Å². The molecule has 0 saturated carbocycles. The SMILES string of the molecule is CC(C)C[C@H]1C(=O)NCCCN1C(=O)[C@H](Cc1ccccc1)NC(=O)CNC(=O)[C@@H](C)NC(=O)[C@@H](N)Cc1ccc(O)cc1. The van der Waals surface area contributed by atoms with Crippen LogP contribution in [0.1, 0.15) is 44.7 Å². The van der Waals surface area contributed by atoms with Gasteiger partial charge in [0.2, 0.25) is 29.5 Å². The van der Waals surface area contributed by atoms with Gasteiger partial charge in [-0.1, -0.05) is 56.3 Å². The molecule has 12 nitrogen and oxygen atoms in total. The van der Waals surface area contributed by atoms with E-state index in [0.717, 1.165) is 11.1 Å². The molecule has 0 spiro atoms. The first-order chi connectivity index (χ1) is 20.9. The van der Waals surface area contributed by atoms with Crippen LogP contribution in [0.3, 0.4) is 0 Å². The van der Waals surface area contributed by atoms with Crippen molar-refractivity contribution in [3.05, 3.63) is 65.7 Å². The lowest BCUT2D eigenvalue weighted by molar-refractivity contribution is -0.143. The number of phenolic OH excluding ortho intramolecular Hbond substituents is 1. The van der Waals surface area contributed by atoms with Crippen LogP contribution < -0.4 is 27.0 Å². The van der Waals surface area contributed by atoms with E-state index in [9.17, 15) is 29.1 Å². The Kier molecular flexibility index (Phi) is 12.7. The maximum atomic E-state index is 13.9. The van der Waals surface area contributed by atoms with Crippen molar-refractivity contribution < 1.29 is 29.1 Å². The number of nitrogens with two attached hydrogens (primary N) is 1. The zero-order chi connectivity index (χ0) is 32.2. The van der Waals surface area contributed by atoms with E-state index >= 15 is 0 Å². The summed E-state index contributed by atoms with van der Waals surface area (Å²) < 4.78 is 0. The van der Waals surface area contributed by atoms with Crippen LogP contribution in [0.15, 0.2) is 54.6 Å². The Hall–Kier alpha value is -4.45. The van der Waals surface area contributed by atoms with Gasteiger partial charge in [0, 0.05) is 19.5 Å². The fourth-order valence-electron chi connectivity index (χ4n) is 5.00. The average Bonchev–Trinajstić information content (AvgIpc) is 3.17. The standard InChI is InChI=1S/C32H44N6O6/c1-20(2)16-27-31(43)34-14-7-15-38(27)32(44)26(18-22-8-5-4-6-9-22)37-28(40)19-35-29(41)21(3)36-30(42)25(33)17-23-10-12-24(39)13-11-23/h4-6,8-13,20-21,25-27,39H,7,14-19,33H2,1-3H3,(H,34,43)(H,35,41)(H,36,42)(H,37,40)/t21-,25+,26+,27+/m1/s1. The zero-order valence-corrected chi connectivity index (χ0v) is 25.5. The number of hydrogen-bond acceptors (Lipinski definition) is 7. The van der Waals surface area contributed by atoms with Crippen molar-refractivity contribution in [2.45, 2.75) is 70.6 Å². The summed E-state index contributed by atoms with van der Waals surface area (Å²) in [4.78, 5) is 66.5. The number of carbonyl (C=O) groups excluding carboxylic acids is 5. The number of benzene rings is 2. The van der Waals surface area contributed by atoms with Crippen molar-refractivity contribution in [3.8, 4) is 5.75 Å². The predicted octanol–water partition coefficient (Wildman–Crippen LogP) is 0.374. The summed E-state index contributed by atoms with van der Waals surface area (Å²) in [6, 6.07) is 12.0. The van der Waals surface area contributed by atoms with Gasteiger partial charge in [-0.05, 0) is 55.4 Å². The van der Waals surface area contributed by atoms with Gasteiger partial charge in [0.25, 0.3) is 0 Å². The molecule has 0 aliphatic carbocycles. The summed E-state index contributed by atoms with van der Waals surface area (Å²) in [5.74, 6) is -2.04. The predicted molar refractivity (Wildman–Crippen MR) is 165 cm³/mol. The van der Waals surface area contributed by atoms with Crippen LogP contribution in [0.25, 0.3) is 0 Å². The fraction of sp³-hybridized carbons (Fsp3) is 0.469. The molecule has 3 rings (SSSR count). The van der Waals surface area contributed by atoms with Gasteiger partial charge >= 0.3 is 0 Å². The normalized spacial score (nSPS) is 17.1. The summed E-state index contributed by atoms with van der Waals surface area (Å²) in [6.07, 6.45) is 1.49. The molecule has 238 valence electrons. The number of nitrogens with one attached hydrogen (secondary N) is 4. The van der Waals surface area contributed by atoms with Gasteiger partial charge in [-0.3, -0.25) is 24.0 Å². The maximum Gasteiger partial charge on any atom is 0.246 e. The molecule has 1 aliphatic heterocycles. The van der Waals surface area contributed by atoms with Crippen LogP contribution in [-0.2, 0) is 36.8 Å². The third-order valence-electron chi connectivity index (χ3n) is 7.35. The molecule has 1 saturated heterocycles. The van der Waals surface area contributed by atoms with E-state index in [1.165, 1.54) is 19.1 Å². The number of aromatic hydroxyl groups is 1. The van der Waals surface area contributed by atoms with E-state index < -0.39 is 48.4 Å². The van der Waals surface area contributed by atoms with E-state index in [1.54, 1.807) is 17.0 Å². The molecule has 12 heteroatoms. The lowest BCUT2D eigenvalue weighted by Gasteiger charge is -2.33. The minimum atomic E-state index is -0.977. The lowest BCUT2D eigenvalue weighted by atomic mass is 9.99. The quantitative estimate of drug-likeness (QED) is 0.190. The van der Waals surface area contributed by atoms with Crippen molar-refractivity contribution in [2.75, 3.05) is 19.6 Å². The van der Waals surface area contributed by atoms with E-state index in [2.05, 4.69) is 21.3 Å². The van der Waals surface area contributed by atoms with Gasteiger partial charge in [-0.2, -0.15) is 0 Å². The smallest absolute Gasteiger partial charge is 0.246 e. The second-order valence-electron chi connectivity index (χ2n) is 11.6. The van der Waals surface area contributed by atoms with Gasteiger partial charge in [0.15, 0.2) is 0 Å². The van der Waals surface area contributed by atoms with Crippen LogP contribution in [0.5, 0.6) is 5.75 Å². The Morgan fingerprint density at radius 2 is 1.61 bits per heavy atom. The maximum absolute atomic E-state index is 13.9. The van der Waals surface area contributed by atoms with Gasteiger partial charge in [-0.25, -0.2) is 0 Å². The van der Waals surface area contributed by atoms with Crippen LogP contribution in [0.4, 0.5) is 0 Å². The molecule has 44 heavy (non-hydrogen) atoms. The van der Waals surface area contributed by atoms with Crippen LogP contribution >= 0.6 is 0 Å². The second-order valence-corrected chi connectivity index (χ2v) is 11.6. The molecule has 1 heterocycles. The average molecular weight is 609 g/mol. The molecule has 0 bridgehead atoms. The van der Waals surface area contributed by atoms with Gasteiger partial charge in [0.05, 0.1) is 12.6 Å². The first-order valence-electron chi connectivity index (χ1n) is 15.0. The highest BCUT2D eigenvalue weighted by atomic mass is 16.3. The number of hydrogen-bond donors (Lipinski definition) is 6. The minimum Gasteiger partial charge on any atom is -0.508 e. The van der Waals surface area contributed by atoms with Gasteiger partial charge < -0.3 is 37.0 Å². The van der Waals surface area contributed by atoms with E-state index in [0.29, 0.717) is 25.9 Å². The third-order valence-corrected chi connectivity index (χ3v) is 7.35. The van der Waals surface area contributed by atoms with Crippen LogP contribution in [0, 0.1) is 5.92 Å². The van der Waals surface area contributed by atoms with Gasteiger partial charge in [-0.15, -0.1) is 0 Å². The van der Waals surface area contributed by atoms with Crippen molar-refractivity contribution in [1.29, 1.82) is 0 Å². The molecule has 7 N–H and O–H groups in total. The molecule has 0 radical (unpaired) electrons. The fourth-order valence-corrected chi connectivity index (χ4v) is 5.00. The van der Waals surface area contributed by atoms with Crippen molar-refractivity contribution in [3.63, 3.8) is 0 Å². The monoisotopic (exact) mass is 608 g/mol. The third kappa shape index (κ3) is 10.4. The van der Waals surface area contributed by atoms with Crippen molar-refractivity contribution >= 4 is 29.5 Å². The molecule has 0 aromatic heterocycles. The highest BCUT2D eigenvalue weighted by Crippen LogP contribution is 2.18. The number of phenols is 1. The Labute approximate surface area is 258 Å². The molecule has 4 atom stereocenters. The summed E-state index contributed by atoms with van der Waals surface area (Å²) in [7, 11) is 0. The molecule has 5 amide bonds. The Morgan fingerprint density at radius 3 is 2.27 bits per heavy atom. The number of rotatable bonds is 13. The summed E-state index contributed by atoms with van der Waals surface area (Å²) in [5.41, 5.74) is 7.56. The zero-order valence-electron chi connectivity index (χ0n) is 25.5. The lowest BCUT2D eigenvalue weighted by Crippen LogP contribution is -2.57. The summed E-state index contributed by atoms with van der Waals surface area (Å²) in [6.45, 7) is 5.86. The highest BCUT2D eigenvalue weighted by molar-refractivity contribution is 5.94. The molecular weight excluding hydrogens is 564 g/mol. The minimum absolute atomic E-state index is 0.0986. The molecule has 2 aromatic carbocycles. The topological polar surface area (TPSA) is 183 Å². The summed E-state index contributed by atoms with van der Waals surface area (Å²) in [5, 5.41) is 20.1.